The fourth-order valence-electron chi connectivity index (χ4n) is 4.76. The molecule has 1 saturated heterocycles. The van der Waals surface area contributed by atoms with Crippen molar-refractivity contribution in [1.82, 2.24) is 4.90 Å². The number of halogens is 3. The summed E-state index contributed by atoms with van der Waals surface area (Å²) in [6, 6.07) is 7.86. The summed E-state index contributed by atoms with van der Waals surface area (Å²) >= 11 is 0. The number of alkyl halides is 3. The lowest BCUT2D eigenvalue weighted by molar-refractivity contribution is -0.384. The summed E-state index contributed by atoms with van der Waals surface area (Å²) < 4.78 is 39.6. The zero-order valence-electron chi connectivity index (χ0n) is 19.0. The number of carbonyl (C=O) groups excluding carboxylic acids is 3. The summed E-state index contributed by atoms with van der Waals surface area (Å²) in [6.45, 7) is 0.0978. The maximum atomic E-state index is 13.2. The van der Waals surface area contributed by atoms with Gasteiger partial charge in [0.1, 0.15) is 5.69 Å². The Morgan fingerprint density at radius 3 is 2.28 bits per heavy atom. The van der Waals surface area contributed by atoms with Crippen molar-refractivity contribution >= 4 is 34.8 Å². The largest absolute Gasteiger partial charge is 0.418 e. The molecule has 3 amide bonds. The van der Waals surface area contributed by atoms with Gasteiger partial charge in [0.15, 0.2) is 0 Å². The van der Waals surface area contributed by atoms with Gasteiger partial charge in [0, 0.05) is 24.7 Å². The lowest BCUT2D eigenvalue weighted by atomic mass is 9.81. The Labute approximate surface area is 203 Å². The number of benzene rings is 2. The average molecular weight is 504 g/mol. The Balaban J connectivity index is 1.45. The highest BCUT2D eigenvalue weighted by Gasteiger charge is 2.47. The molecule has 1 saturated carbocycles. The second-order valence-corrected chi connectivity index (χ2v) is 8.74. The molecule has 2 aliphatic rings. The number of nitro benzene ring substituents is 1. The zero-order chi connectivity index (χ0) is 26.0. The van der Waals surface area contributed by atoms with Crippen molar-refractivity contribution in [3.8, 4) is 0 Å². The number of para-hydroxylation sites is 1. The number of fused-ring (bicyclic) bond motifs is 1. The maximum absolute atomic E-state index is 13.2. The fraction of sp³-hybridized carbons (Fsp3) is 0.375. The minimum absolute atomic E-state index is 0.0400. The van der Waals surface area contributed by atoms with Crippen LogP contribution >= 0.6 is 0 Å². The van der Waals surface area contributed by atoms with Gasteiger partial charge in [-0.1, -0.05) is 25.0 Å². The van der Waals surface area contributed by atoms with E-state index in [1.807, 2.05) is 0 Å². The van der Waals surface area contributed by atoms with Crippen LogP contribution < -0.4 is 10.6 Å². The predicted octanol–water partition coefficient (Wildman–Crippen LogP) is 4.45. The molecule has 4 rings (SSSR count). The summed E-state index contributed by atoms with van der Waals surface area (Å²) in [5.74, 6) is -1.96. The van der Waals surface area contributed by atoms with Crippen LogP contribution in [-0.2, 0) is 15.8 Å². The lowest BCUT2D eigenvalue weighted by Crippen LogP contribution is -2.35. The smallest absolute Gasteiger partial charge is 0.378 e. The van der Waals surface area contributed by atoms with Gasteiger partial charge in [-0.3, -0.25) is 29.4 Å². The van der Waals surface area contributed by atoms with Crippen molar-refractivity contribution in [2.75, 3.05) is 23.7 Å². The molecule has 2 aromatic rings. The second-order valence-electron chi connectivity index (χ2n) is 8.74. The highest BCUT2D eigenvalue weighted by atomic mass is 19.4. The normalized spacial score (nSPS) is 19.7. The summed E-state index contributed by atoms with van der Waals surface area (Å²) in [5.41, 5.74) is -2.15. The molecule has 0 bridgehead atoms. The molecule has 1 aliphatic heterocycles. The van der Waals surface area contributed by atoms with E-state index < -0.39 is 33.9 Å². The van der Waals surface area contributed by atoms with Crippen LogP contribution in [-0.4, -0.2) is 40.6 Å². The first kappa shape index (κ1) is 25.1. The van der Waals surface area contributed by atoms with Gasteiger partial charge in [-0.05, 0) is 37.1 Å². The van der Waals surface area contributed by atoms with Crippen LogP contribution in [0, 0.1) is 22.0 Å². The van der Waals surface area contributed by atoms with E-state index in [2.05, 4.69) is 10.6 Å². The van der Waals surface area contributed by atoms with Crippen LogP contribution in [0.5, 0.6) is 0 Å². The van der Waals surface area contributed by atoms with Gasteiger partial charge < -0.3 is 10.6 Å². The maximum Gasteiger partial charge on any atom is 0.418 e. The minimum Gasteiger partial charge on any atom is -0.378 e. The van der Waals surface area contributed by atoms with Crippen LogP contribution in [0.4, 0.5) is 30.2 Å². The van der Waals surface area contributed by atoms with E-state index in [9.17, 15) is 37.7 Å². The number of hydrogen-bond donors (Lipinski definition) is 2. The van der Waals surface area contributed by atoms with Crippen LogP contribution in [0.1, 0.15) is 41.6 Å². The van der Waals surface area contributed by atoms with Gasteiger partial charge >= 0.3 is 6.18 Å². The van der Waals surface area contributed by atoms with Crippen LogP contribution in [0.2, 0.25) is 0 Å². The van der Waals surface area contributed by atoms with Crippen molar-refractivity contribution in [3.63, 3.8) is 0 Å². The van der Waals surface area contributed by atoms with Gasteiger partial charge in [0.2, 0.25) is 11.8 Å². The second kappa shape index (κ2) is 9.96. The molecule has 2 atom stereocenters. The number of rotatable bonds is 7. The molecule has 2 N–H and O–H groups in total. The van der Waals surface area contributed by atoms with E-state index in [0.717, 1.165) is 31.0 Å². The first-order chi connectivity index (χ1) is 17.1. The van der Waals surface area contributed by atoms with Gasteiger partial charge in [-0.15, -0.1) is 0 Å². The van der Waals surface area contributed by atoms with Crippen molar-refractivity contribution in [3.05, 3.63) is 63.7 Å². The molecule has 0 unspecified atom stereocenters. The lowest BCUT2D eigenvalue weighted by Gasteiger charge is -2.19. The average Bonchev–Trinajstić information content (AvgIpc) is 3.08. The molecule has 12 heteroatoms. The van der Waals surface area contributed by atoms with Crippen molar-refractivity contribution in [2.24, 2.45) is 11.8 Å². The number of nitro groups is 1. The van der Waals surface area contributed by atoms with Gasteiger partial charge in [0.25, 0.3) is 11.6 Å². The quantitative estimate of drug-likeness (QED) is 0.326. The molecule has 0 aromatic heterocycles. The van der Waals surface area contributed by atoms with E-state index in [1.165, 1.54) is 29.2 Å². The van der Waals surface area contributed by atoms with E-state index in [-0.39, 0.29) is 48.0 Å². The molecule has 36 heavy (non-hydrogen) atoms. The van der Waals surface area contributed by atoms with Crippen molar-refractivity contribution in [1.29, 1.82) is 0 Å². The standard InChI is InChI=1S/C24H23F3N4O5/c25-24(26,27)17-7-3-4-8-18(17)29-21(32)14-9-10-19(20(13-14)31(35)36)28-11-12-30-22(33)15-5-1-2-6-16(15)23(30)34/h3-4,7-10,13,15-16,28H,1-2,5-6,11-12H2,(H,29,32)/t15-,16-/m0/s1. The number of amides is 3. The number of anilines is 2. The van der Waals surface area contributed by atoms with Crippen LogP contribution in [0.15, 0.2) is 42.5 Å². The van der Waals surface area contributed by atoms with Gasteiger partial charge in [-0.25, -0.2) is 0 Å². The topological polar surface area (TPSA) is 122 Å². The number of carbonyl (C=O) groups is 3. The Kier molecular flexibility index (Phi) is 6.95. The molecular formula is C24H23F3N4O5. The van der Waals surface area contributed by atoms with Crippen molar-refractivity contribution < 1.29 is 32.5 Å². The molecular weight excluding hydrogens is 481 g/mol. The molecule has 190 valence electrons. The summed E-state index contributed by atoms with van der Waals surface area (Å²) in [4.78, 5) is 49.8. The van der Waals surface area contributed by atoms with E-state index in [1.54, 1.807) is 0 Å². The molecule has 2 aromatic carbocycles. The Bertz CT molecular complexity index is 1190. The zero-order valence-corrected chi connectivity index (χ0v) is 19.0. The molecule has 2 fully saturated rings. The number of likely N-dealkylation sites (tertiary alicyclic amines) is 1. The van der Waals surface area contributed by atoms with E-state index in [4.69, 9.17) is 0 Å². The third-order valence-corrected chi connectivity index (χ3v) is 6.52. The highest BCUT2D eigenvalue weighted by molar-refractivity contribution is 6.06. The highest BCUT2D eigenvalue weighted by Crippen LogP contribution is 2.38. The molecule has 0 radical (unpaired) electrons. The third kappa shape index (κ3) is 5.02. The Morgan fingerprint density at radius 2 is 1.67 bits per heavy atom. The van der Waals surface area contributed by atoms with Gasteiger partial charge in [-0.2, -0.15) is 13.2 Å². The molecule has 1 aliphatic carbocycles. The van der Waals surface area contributed by atoms with Crippen molar-refractivity contribution in [2.45, 2.75) is 31.9 Å². The summed E-state index contributed by atoms with van der Waals surface area (Å²) in [7, 11) is 0. The fourth-order valence-corrected chi connectivity index (χ4v) is 4.76. The summed E-state index contributed by atoms with van der Waals surface area (Å²) in [5, 5.41) is 16.6. The molecule has 9 nitrogen and oxygen atoms in total. The number of hydrogen-bond acceptors (Lipinski definition) is 6. The van der Waals surface area contributed by atoms with Crippen LogP contribution in [0.25, 0.3) is 0 Å². The monoisotopic (exact) mass is 504 g/mol. The van der Waals surface area contributed by atoms with Crippen LogP contribution in [0.3, 0.4) is 0 Å². The predicted molar refractivity (Wildman–Crippen MR) is 123 cm³/mol. The number of nitrogens with zero attached hydrogens (tertiary/aromatic N) is 2. The Morgan fingerprint density at radius 1 is 1.03 bits per heavy atom. The third-order valence-electron chi connectivity index (χ3n) is 6.52. The first-order valence-corrected chi connectivity index (χ1v) is 11.4. The number of nitrogens with one attached hydrogen (secondary N) is 2. The number of imide groups is 1. The van der Waals surface area contributed by atoms with Gasteiger partial charge in [0.05, 0.1) is 28.0 Å². The SMILES string of the molecule is O=C(Nc1ccccc1C(F)(F)F)c1ccc(NCCN2C(=O)[C@H]3CCCC[C@@H]3C2=O)c([N+](=O)[O-])c1. The molecule has 1 heterocycles. The Hall–Kier alpha value is -3.96. The molecule has 0 spiro atoms. The van der Waals surface area contributed by atoms with E-state index >= 15 is 0 Å². The first-order valence-electron chi connectivity index (χ1n) is 11.4. The van der Waals surface area contributed by atoms with E-state index in [0.29, 0.717) is 12.8 Å². The minimum atomic E-state index is -4.69. The summed E-state index contributed by atoms with van der Waals surface area (Å²) in [6.07, 6.45) is -1.52.